The van der Waals surface area contributed by atoms with Crippen LogP contribution in [-0.2, 0) is 0 Å². The molecule has 0 saturated carbocycles. The van der Waals surface area contributed by atoms with Gasteiger partial charge >= 0.3 is 0 Å². The van der Waals surface area contributed by atoms with E-state index in [9.17, 15) is 0 Å². The summed E-state index contributed by atoms with van der Waals surface area (Å²) in [5.41, 5.74) is 10.7. The zero-order valence-corrected chi connectivity index (χ0v) is 28.8. The Hall–Kier alpha value is -7.17. The summed E-state index contributed by atoms with van der Waals surface area (Å²) in [6.07, 6.45) is 0. The second-order valence-electron chi connectivity index (χ2n) is 13.3. The van der Waals surface area contributed by atoms with E-state index < -0.39 is 0 Å². The van der Waals surface area contributed by atoms with Crippen molar-refractivity contribution in [1.29, 1.82) is 0 Å². The lowest BCUT2D eigenvalue weighted by Crippen LogP contribution is -2.01. The van der Waals surface area contributed by atoms with E-state index in [1.807, 2.05) is 12.1 Å². The summed E-state index contributed by atoms with van der Waals surface area (Å²) >= 11 is 0. The lowest BCUT2D eigenvalue weighted by atomic mass is 10.0. The molecule has 0 aliphatic heterocycles. The van der Waals surface area contributed by atoms with Gasteiger partial charge in [0, 0.05) is 33.2 Å². The Morgan fingerprint density at radius 1 is 0.283 bits per heavy atom. The molecule has 248 valence electrons. The van der Waals surface area contributed by atoms with Crippen LogP contribution in [-0.4, -0.2) is 19.5 Å². The first-order valence-electron chi connectivity index (χ1n) is 17.9. The number of rotatable bonds is 6. The van der Waals surface area contributed by atoms with Crippen molar-refractivity contribution in [2.24, 2.45) is 0 Å². The zero-order valence-electron chi connectivity index (χ0n) is 28.8. The topological polar surface area (TPSA) is 43.6 Å². The van der Waals surface area contributed by atoms with Crippen molar-refractivity contribution in [3.8, 4) is 62.1 Å². The molecule has 4 heteroatoms. The van der Waals surface area contributed by atoms with E-state index in [0.717, 1.165) is 50.1 Å². The smallest absolute Gasteiger partial charge is 0.164 e. The highest BCUT2D eigenvalue weighted by Crippen LogP contribution is 2.36. The van der Waals surface area contributed by atoms with Gasteiger partial charge in [0.05, 0.1) is 11.0 Å². The van der Waals surface area contributed by atoms with Crippen molar-refractivity contribution in [3.05, 3.63) is 194 Å². The summed E-state index contributed by atoms with van der Waals surface area (Å²) < 4.78 is 2.36. The van der Waals surface area contributed by atoms with Crippen molar-refractivity contribution < 1.29 is 0 Å². The summed E-state index contributed by atoms with van der Waals surface area (Å²) in [7, 11) is 0. The van der Waals surface area contributed by atoms with Gasteiger partial charge in [-0.15, -0.1) is 0 Å². The van der Waals surface area contributed by atoms with Crippen LogP contribution in [0.4, 0.5) is 0 Å². The Balaban J connectivity index is 1.14. The van der Waals surface area contributed by atoms with E-state index >= 15 is 0 Å². The minimum absolute atomic E-state index is 0.621. The molecule has 10 aromatic rings. The molecule has 2 heterocycles. The van der Waals surface area contributed by atoms with Crippen molar-refractivity contribution >= 4 is 32.6 Å². The summed E-state index contributed by atoms with van der Waals surface area (Å²) in [6.45, 7) is 0. The maximum Gasteiger partial charge on any atom is 0.164 e. The third-order valence-electron chi connectivity index (χ3n) is 10.0. The van der Waals surface area contributed by atoms with E-state index in [1.165, 1.54) is 27.1 Å². The first-order chi connectivity index (χ1) is 26.2. The minimum Gasteiger partial charge on any atom is -0.309 e. The van der Waals surface area contributed by atoms with Gasteiger partial charge in [-0.05, 0) is 69.4 Å². The van der Waals surface area contributed by atoms with E-state index in [4.69, 9.17) is 15.0 Å². The Morgan fingerprint density at radius 2 is 0.774 bits per heavy atom. The Morgan fingerprint density at radius 3 is 1.49 bits per heavy atom. The van der Waals surface area contributed by atoms with Gasteiger partial charge in [-0.25, -0.2) is 15.0 Å². The molecule has 4 nitrogen and oxygen atoms in total. The van der Waals surface area contributed by atoms with Crippen LogP contribution in [0.5, 0.6) is 0 Å². The normalized spacial score (nSPS) is 11.4. The Kier molecular flexibility index (Phi) is 7.43. The second kappa shape index (κ2) is 12.9. The number of hydrogen-bond acceptors (Lipinski definition) is 3. The second-order valence-corrected chi connectivity index (χ2v) is 13.3. The lowest BCUT2D eigenvalue weighted by molar-refractivity contribution is 1.07. The molecule has 10 rings (SSSR count). The van der Waals surface area contributed by atoms with Crippen molar-refractivity contribution in [3.63, 3.8) is 0 Å². The van der Waals surface area contributed by atoms with Crippen molar-refractivity contribution in [1.82, 2.24) is 19.5 Å². The average Bonchev–Trinajstić information content (AvgIpc) is 3.56. The van der Waals surface area contributed by atoms with E-state index in [-0.39, 0.29) is 0 Å². The molecule has 0 bridgehead atoms. The van der Waals surface area contributed by atoms with Crippen molar-refractivity contribution in [2.75, 3.05) is 0 Å². The van der Waals surface area contributed by atoms with Crippen LogP contribution in [0.15, 0.2) is 194 Å². The highest BCUT2D eigenvalue weighted by atomic mass is 15.0. The molecule has 0 aliphatic rings. The number of para-hydroxylation sites is 1. The standard InChI is InChI=1S/C49H32N4/c1-3-13-33(14-4-1)35-25-27-36(28-26-35)47-50-48(40-20-11-19-37(29-40)34-15-5-2-6-16-34)52-49(51-47)41-21-12-22-42(30-41)53-45-24-10-9-23-43(45)44-31-38-17-7-8-18-39(38)32-46(44)53/h1-32H. The molecule has 0 amide bonds. The molecule has 0 saturated heterocycles. The first-order valence-corrected chi connectivity index (χ1v) is 17.9. The van der Waals surface area contributed by atoms with Gasteiger partial charge in [0.1, 0.15) is 0 Å². The third-order valence-corrected chi connectivity index (χ3v) is 10.0. The van der Waals surface area contributed by atoms with Gasteiger partial charge < -0.3 is 4.57 Å². The lowest BCUT2D eigenvalue weighted by Gasteiger charge is -2.12. The van der Waals surface area contributed by atoms with Gasteiger partial charge in [-0.3, -0.25) is 0 Å². The van der Waals surface area contributed by atoms with Gasteiger partial charge in [0.2, 0.25) is 0 Å². The average molecular weight is 677 g/mol. The van der Waals surface area contributed by atoms with Crippen LogP contribution in [0.2, 0.25) is 0 Å². The molecule has 0 N–H and O–H groups in total. The molecule has 0 atom stereocenters. The fourth-order valence-corrected chi connectivity index (χ4v) is 7.39. The van der Waals surface area contributed by atoms with Crippen LogP contribution < -0.4 is 0 Å². The highest BCUT2D eigenvalue weighted by molar-refractivity contribution is 6.13. The van der Waals surface area contributed by atoms with E-state index in [0.29, 0.717) is 17.5 Å². The highest BCUT2D eigenvalue weighted by Gasteiger charge is 2.17. The van der Waals surface area contributed by atoms with Gasteiger partial charge in [-0.1, -0.05) is 158 Å². The molecule has 0 fully saturated rings. The molecule has 8 aromatic carbocycles. The Labute approximate surface area is 307 Å². The maximum atomic E-state index is 5.16. The fraction of sp³-hybridized carbons (Fsp3) is 0. The third kappa shape index (κ3) is 5.63. The van der Waals surface area contributed by atoms with Crippen LogP contribution in [0.25, 0.3) is 94.7 Å². The maximum absolute atomic E-state index is 5.16. The molecule has 2 aromatic heterocycles. The van der Waals surface area contributed by atoms with Crippen LogP contribution in [0, 0.1) is 0 Å². The number of fused-ring (bicyclic) bond motifs is 4. The van der Waals surface area contributed by atoms with Crippen molar-refractivity contribution in [2.45, 2.75) is 0 Å². The number of aromatic nitrogens is 4. The van der Waals surface area contributed by atoms with E-state index in [2.05, 4.69) is 187 Å². The van der Waals surface area contributed by atoms with Gasteiger partial charge in [0.15, 0.2) is 17.5 Å². The molecule has 0 radical (unpaired) electrons. The van der Waals surface area contributed by atoms with Crippen LogP contribution >= 0.6 is 0 Å². The predicted molar refractivity (Wildman–Crippen MR) is 219 cm³/mol. The van der Waals surface area contributed by atoms with Crippen LogP contribution in [0.3, 0.4) is 0 Å². The zero-order chi connectivity index (χ0) is 35.1. The fourth-order valence-electron chi connectivity index (χ4n) is 7.39. The summed E-state index contributed by atoms with van der Waals surface area (Å²) in [5.74, 6) is 1.88. The Bertz CT molecular complexity index is 2930. The van der Waals surface area contributed by atoms with E-state index in [1.54, 1.807) is 0 Å². The molecule has 0 unspecified atom stereocenters. The molecular formula is C49H32N4. The monoisotopic (exact) mass is 676 g/mol. The number of nitrogens with zero attached hydrogens (tertiary/aromatic N) is 4. The van der Waals surface area contributed by atoms with Gasteiger partial charge in [-0.2, -0.15) is 0 Å². The summed E-state index contributed by atoms with van der Waals surface area (Å²) in [4.78, 5) is 15.4. The quantitative estimate of drug-likeness (QED) is 0.176. The molecule has 0 aliphatic carbocycles. The summed E-state index contributed by atoms with van der Waals surface area (Å²) in [6, 6.07) is 68.1. The molecule has 53 heavy (non-hydrogen) atoms. The molecular weight excluding hydrogens is 645 g/mol. The number of hydrogen-bond donors (Lipinski definition) is 0. The largest absolute Gasteiger partial charge is 0.309 e. The first kappa shape index (κ1) is 30.6. The predicted octanol–water partition coefficient (Wildman–Crippen LogP) is 12.5. The van der Waals surface area contributed by atoms with Crippen LogP contribution in [0.1, 0.15) is 0 Å². The minimum atomic E-state index is 0.621. The number of benzene rings is 8. The summed E-state index contributed by atoms with van der Waals surface area (Å²) in [5, 5.41) is 4.89. The molecule has 0 spiro atoms. The van der Waals surface area contributed by atoms with Gasteiger partial charge in [0.25, 0.3) is 0 Å². The SMILES string of the molecule is c1ccc(-c2ccc(-c3nc(-c4cccc(-c5ccccc5)c4)nc(-c4cccc(-n5c6ccccc6c6cc7ccccc7cc65)c4)n3)cc2)cc1.